The highest BCUT2D eigenvalue weighted by atomic mass is 35.5. The second-order valence-corrected chi connectivity index (χ2v) is 9.44. The van der Waals surface area contributed by atoms with Crippen LogP contribution in [-0.4, -0.2) is 39.2 Å². The van der Waals surface area contributed by atoms with Crippen LogP contribution in [0.15, 0.2) is 58.5 Å². The van der Waals surface area contributed by atoms with E-state index >= 15 is 0 Å². The van der Waals surface area contributed by atoms with E-state index in [2.05, 4.69) is 13.8 Å². The lowest BCUT2D eigenvalue weighted by molar-refractivity contribution is -0.130. The van der Waals surface area contributed by atoms with Crippen molar-refractivity contribution in [2.45, 2.75) is 25.4 Å². The lowest BCUT2D eigenvalue weighted by Crippen LogP contribution is -2.43. The number of para-hydroxylation sites is 1. The Morgan fingerprint density at radius 2 is 1.87 bits per heavy atom. The molecule has 30 heavy (non-hydrogen) atoms. The standard InChI is InChI=1S/C23H24ClN3O2S/c1-15-10-16(2)13-26(12-15)21(28)14-30-23-25-20-9-4-3-8-19(20)22(29)27(23)18-7-5-6-17(24)11-18/h3-9,11,15-16H,10,12-14H2,1-2H3/t15-,16+. The molecule has 156 valence electrons. The molecule has 4 rings (SSSR count). The van der Waals surface area contributed by atoms with Crippen LogP contribution in [0.3, 0.4) is 0 Å². The van der Waals surface area contributed by atoms with Crippen LogP contribution in [0.1, 0.15) is 20.3 Å². The second kappa shape index (κ2) is 8.82. The third-order valence-electron chi connectivity index (χ3n) is 5.36. The largest absolute Gasteiger partial charge is 0.341 e. The van der Waals surface area contributed by atoms with Gasteiger partial charge in [0.15, 0.2) is 5.16 Å². The number of fused-ring (bicyclic) bond motifs is 1. The number of thioether (sulfide) groups is 1. The molecule has 7 heteroatoms. The monoisotopic (exact) mass is 441 g/mol. The molecule has 0 spiro atoms. The van der Waals surface area contributed by atoms with Crippen LogP contribution >= 0.6 is 23.4 Å². The number of likely N-dealkylation sites (tertiary alicyclic amines) is 1. The van der Waals surface area contributed by atoms with Gasteiger partial charge >= 0.3 is 0 Å². The predicted octanol–water partition coefficient (Wildman–Crippen LogP) is 4.64. The molecular formula is C23H24ClN3O2S. The van der Waals surface area contributed by atoms with Crippen LogP contribution in [0.2, 0.25) is 5.02 Å². The molecular weight excluding hydrogens is 418 g/mol. The van der Waals surface area contributed by atoms with E-state index in [1.54, 1.807) is 28.8 Å². The van der Waals surface area contributed by atoms with Gasteiger partial charge in [-0.3, -0.25) is 14.2 Å². The fourth-order valence-electron chi connectivity index (χ4n) is 4.14. The number of aromatic nitrogens is 2. The van der Waals surface area contributed by atoms with E-state index in [-0.39, 0.29) is 17.2 Å². The summed E-state index contributed by atoms with van der Waals surface area (Å²) in [4.78, 5) is 32.8. The SMILES string of the molecule is C[C@@H]1C[C@H](C)CN(C(=O)CSc2nc3ccccc3c(=O)n2-c2cccc(Cl)c2)C1. The van der Waals surface area contributed by atoms with E-state index in [0.29, 0.717) is 38.6 Å². The number of benzene rings is 2. The molecule has 1 aliphatic rings. The van der Waals surface area contributed by atoms with Crippen molar-refractivity contribution in [3.05, 3.63) is 63.9 Å². The molecule has 5 nitrogen and oxygen atoms in total. The fourth-order valence-corrected chi connectivity index (χ4v) is 5.24. The zero-order chi connectivity index (χ0) is 21.3. The zero-order valence-electron chi connectivity index (χ0n) is 17.0. The predicted molar refractivity (Wildman–Crippen MR) is 123 cm³/mol. The van der Waals surface area contributed by atoms with Gasteiger partial charge in [-0.15, -0.1) is 0 Å². The van der Waals surface area contributed by atoms with Gasteiger partial charge in [-0.2, -0.15) is 0 Å². The summed E-state index contributed by atoms with van der Waals surface area (Å²) < 4.78 is 1.55. The van der Waals surface area contributed by atoms with Gasteiger partial charge in [0.25, 0.3) is 5.56 Å². The summed E-state index contributed by atoms with van der Waals surface area (Å²) in [6.45, 7) is 5.95. The van der Waals surface area contributed by atoms with Crippen molar-refractivity contribution >= 4 is 40.2 Å². The van der Waals surface area contributed by atoms with Crippen LogP contribution in [0.25, 0.3) is 16.6 Å². The van der Waals surface area contributed by atoms with E-state index < -0.39 is 0 Å². The van der Waals surface area contributed by atoms with Crippen molar-refractivity contribution in [1.29, 1.82) is 0 Å². The summed E-state index contributed by atoms with van der Waals surface area (Å²) in [7, 11) is 0. The summed E-state index contributed by atoms with van der Waals surface area (Å²) in [5, 5.41) is 1.56. The van der Waals surface area contributed by atoms with Crippen LogP contribution in [0, 0.1) is 11.8 Å². The average molecular weight is 442 g/mol. The highest BCUT2D eigenvalue weighted by molar-refractivity contribution is 7.99. The Bertz CT molecular complexity index is 1140. The first-order valence-electron chi connectivity index (χ1n) is 10.1. The summed E-state index contributed by atoms with van der Waals surface area (Å²) >= 11 is 7.47. The zero-order valence-corrected chi connectivity index (χ0v) is 18.6. The minimum Gasteiger partial charge on any atom is -0.341 e. The van der Waals surface area contributed by atoms with E-state index in [1.807, 2.05) is 29.2 Å². The second-order valence-electron chi connectivity index (χ2n) is 8.07. The minimum absolute atomic E-state index is 0.0819. The molecule has 1 aliphatic heterocycles. The molecule has 2 aromatic carbocycles. The number of nitrogens with zero attached hydrogens (tertiary/aromatic N) is 3. The Morgan fingerprint density at radius 3 is 2.60 bits per heavy atom. The summed E-state index contributed by atoms with van der Waals surface area (Å²) in [5.41, 5.74) is 1.09. The highest BCUT2D eigenvalue weighted by Crippen LogP contribution is 2.25. The summed E-state index contributed by atoms with van der Waals surface area (Å²) in [6, 6.07) is 14.4. The van der Waals surface area contributed by atoms with Crippen molar-refractivity contribution in [2.75, 3.05) is 18.8 Å². The Morgan fingerprint density at radius 1 is 1.13 bits per heavy atom. The third-order valence-corrected chi connectivity index (χ3v) is 6.52. The van der Waals surface area contributed by atoms with Gasteiger partial charge in [0.1, 0.15) is 0 Å². The highest BCUT2D eigenvalue weighted by Gasteiger charge is 2.26. The molecule has 0 saturated carbocycles. The smallest absolute Gasteiger partial charge is 0.266 e. The van der Waals surface area contributed by atoms with E-state index in [1.165, 1.54) is 11.8 Å². The van der Waals surface area contributed by atoms with Gasteiger partial charge in [0, 0.05) is 18.1 Å². The Hall–Kier alpha value is -2.31. The third kappa shape index (κ3) is 4.40. The molecule has 0 aliphatic carbocycles. The normalized spacial score (nSPS) is 19.2. The van der Waals surface area contributed by atoms with E-state index in [4.69, 9.17) is 16.6 Å². The topological polar surface area (TPSA) is 55.2 Å². The molecule has 1 amide bonds. The number of rotatable bonds is 4. The Labute approximate surface area is 185 Å². The van der Waals surface area contributed by atoms with E-state index in [0.717, 1.165) is 19.5 Å². The fraction of sp³-hybridized carbons (Fsp3) is 0.348. The minimum atomic E-state index is -0.168. The Balaban J connectivity index is 1.68. The van der Waals surface area contributed by atoms with Crippen molar-refractivity contribution in [1.82, 2.24) is 14.5 Å². The van der Waals surface area contributed by atoms with Crippen LogP contribution in [0.4, 0.5) is 0 Å². The number of hydrogen-bond acceptors (Lipinski definition) is 4. The lowest BCUT2D eigenvalue weighted by atomic mass is 9.92. The van der Waals surface area contributed by atoms with Gasteiger partial charge in [-0.05, 0) is 48.6 Å². The number of piperidine rings is 1. The molecule has 2 heterocycles. The number of halogens is 1. The van der Waals surface area contributed by atoms with Gasteiger partial charge in [-0.25, -0.2) is 4.98 Å². The maximum atomic E-state index is 13.3. The van der Waals surface area contributed by atoms with Crippen LogP contribution < -0.4 is 5.56 Å². The average Bonchev–Trinajstić information content (AvgIpc) is 2.71. The maximum absolute atomic E-state index is 13.3. The molecule has 1 saturated heterocycles. The van der Waals surface area contributed by atoms with E-state index in [9.17, 15) is 9.59 Å². The molecule has 3 aromatic rings. The first-order chi connectivity index (χ1) is 14.4. The molecule has 0 N–H and O–H groups in total. The van der Waals surface area contributed by atoms with Crippen molar-refractivity contribution in [3.63, 3.8) is 0 Å². The summed E-state index contributed by atoms with van der Waals surface area (Å²) in [5.74, 6) is 1.33. The van der Waals surface area contributed by atoms with Crippen molar-refractivity contribution < 1.29 is 4.79 Å². The number of hydrogen-bond donors (Lipinski definition) is 0. The molecule has 2 atom stereocenters. The number of amides is 1. The quantitative estimate of drug-likeness (QED) is 0.437. The summed E-state index contributed by atoms with van der Waals surface area (Å²) in [6.07, 6.45) is 1.15. The molecule has 0 radical (unpaired) electrons. The molecule has 1 aromatic heterocycles. The number of carbonyl (C=O) groups excluding carboxylic acids is 1. The van der Waals surface area contributed by atoms with Gasteiger partial charge in [-0.1, -0.05) is 55.4 Å². The first kappa shape index (κ1) is 20.9. The first-order valence-corrected chi connectivity index (χ1v) is 11.5. The van der Waals surface area contributed by atoms with Gasteiger partial charge < -0.3 is 4.90 Å². The maximum Gasteiger partial charge on any atom is 0.266 e. The lowest BCUT2D eigenvalue weighted by Gasteiger charge is -2.35. The molecule has 0 bridgehead atoms. The van der Waals surface area contributed by atoms with Crippen LogP contribution in [0.5, 0.6) is 0 Å². The molecule has 0 unspecified atom stereocenters. The van der Waals surface area contributed by atoms with Gasteiger partial charge in [0.2, 0.25) is 5.91 Å². The number of carbonyl (C=O) groups is 1. The molecule has 1 fully saturated rings. The van der Waals surface area contributed by atoms with Gasteiger partial charge in [0.05, 0.1) is 22.3 Å². The van der Waals surface area contributed by atoms with Crippen molar-refractivity contribution in [3.8, 4) is 5.69 Å². The Kier molecular flexibility index (Phi) is 6.16. The van der Waals surface area contributed by atoms with Crippen LogP contribution in [-0.2, 0) is 4.79 Å². The van der Waals surface area contributed by atoms with Crippen molar-refractivity contribution in [2.24, 2.45) is 11.8 Å².